The number of anilines is 1. The Labute approximate surface area is 249 Å². The van der Waals surface area contributed by atoms with Gasteiger partial charge in [0.05, 0.1) is 11.6 Å². The van der Waals surface area contributed by atoms with Gasteiger partial charge in [0.25, 0.3) is 0 Å². The van der Waals surface area contributed by atoms with Crippen LogP contribution in [0.1, 0.15) is 61.4 Å². The number of nitrogens with one attached hydrogen (secondary N) is 1. The van der Waals surface area contributed by atoms with Crippen LogP contribution in [0.4, 0.5) is 10.2 Å². The topological polar surface area (TPSA) is 102 Å². The number of nitrogens with zero attached hydrogens (tertiary/aromatic N) is 5. The molecular formula is C34H34FN7O. The van der Waals surface area contributed by atoms with Crippen molar-refractivity contribution in [2.24, 2.45) is 11.8 Å². The molecule has 8 nitrogen and oxygen atoms in total. The molecule has 1 aromatic carbocycles. The van der Waals surface area contributed by atoms with Crippen molar-refractivity contribution in [2.45, 2.75) is 63.2 Å². The van der Waals surface area contributed by atoms with Gasteiger partial charge in [0.1, 0.15) is 23.2 Å². The second kappa shape index (κ2) is 10.5. The summed E-state index contributed by atoms with van der Waals surface area (Å²) in [5.41, 5.74) is 11.9. The SMILES string of the molecule is Nc1ncccc1-c1nc2ccc(C#CC3CC3)nc2n1-c1ccc2c(c1)CC(F)[C@@H]2NC1CCN(C(=O)C2CC2)CC1. The number of carbonyl (C=O) groups is 1. The molecule has 3 N–H and O–H groups in total. The van der Waals surface area contributed by atoms with Crippen LogP contribution in [-0.4, -0.2) is 55.6 Å². The fourth-order valence-electron chi connectivity index (χ4n) is 6.50. The van der Waals surface area contributed by atoms with E-state index in [4.69, 9.17) is 15.7 Å². The smallest absolute Gasteiger partial charge is 0.225 e. The summed E-state index contributed by atoms with van der Waals surface area (Å²) in [6.07, 6.45) is 7.03. The highest BCUT2D eigenvalue weighted by Crippen LogP contribution is 2.38. The minimum absolute atomic E-state index is 0.189. The highest BCUT2D eigenvalue weighted by Gasteiger charge is 2.38. The summed E-state index contributed by atoms with van der Waals surface area (Å²) in [5.74, 6) is 8.56. The van der Waals surface area contributed by atoms with Crippen LogP contribution in [-0.2, 0) is 11.2 Å². The molecule has 0 radical (unpaired) electrons. The number of nitrogen functional groups attached to an aromatic ring is 1. The molecule has 4 aliphatic rings. The molecule has 2 atom stereocenters. The number of fused-ring (bicyclic) bond motifs is 2. The van der Waals surface area contributed by atoms with Gasteiger partial charge in [-0.2, -0.15) is 0 Å². The lowest BCUT2D eigenvalue weighted by Crippen LogP contribution is -2.47. The average Bonchev–Trinajstić information content (AvgIpc) is 3.96. The predicted octanol–water partition coefficient (Wildman–Crippen LogP) is 4.75. The Morgan fingerprint density at radius 2 is 1.86 bits per heavy atom. The summed E-state index contributed by atoms with van der Waals surface area (Å²) in [7, 11) is 0. The van der Waals surface area contributed by atoms with Crippen molar-refractivity contribution in [3.63, 3.8) is 0 Å². The van der Waals surface area contributed by atoms with Gasteiger partial charge >= 0.3 is 0 Å². The van der Waals surface area contributed by atoms with Crippen LogP contribution in [0.25, 0.3) is 28.2 Å². The van der Waals surface area contributed by atoms with Crippen LogP contribution in [0.5, 0.6) is 0 Å². The van der Waals surface area contributed by atoms with Gasteiger partial charge in [-0.15, -0.1) is 0 Å². The van der Waals surface area contributed by atoms with Gasteiger partial charge in [0.2, 0.25) is 5.91 Å². The van der Waals surface area contributed by atoms with Crippen LogP contribution >= 0.6 is 0 Å². The van der Waals surface area contributed by atoms with Gasteiger partial charge in [-0.1, -0.05) is 12.0 Å². The van der Waals surface area contributed by atoms with Gasteiger partial charge in [-0.25, -0.2) is 19.3 Å². The molecule has 2 saturated carbocycles. The number of benzene rings is 1. The maximum Gasteiger partial charge on any atom is 0.225 e. The third-order valence-corrected chi connectivity index (χ3v) is 9.21. The van der Waals surface area contributed by atoms with E-state index in [1.165, 1.54) is 0 Å². The second-order valence-electron chi connectivity index (χ2n) is 12.4. The lowest BCUT2D eigenvalue weighted by molar-refractivity contribution is -0.133. The van der Waals surface area contributed by atoms with Gasteiger partial charge in [-0.05, 0) is 92.0 Å². The Morgan fingerprint density at radius 1 is 1.02 bits per heavy atom. The minimum Gasteiger partial charge on any atom is -0.383 e. The normalized spacial score (nSPS) is 21.9. The zero-order valence-corrected chi connectivity index (χ0v) is 24.0. The van der Waals surface area contributed by atoms with E-state index >= 15 is 4.39 Å². The quantitative estimate of drug-likeness (QED) is 0.333. The molecule has 4 aromatic rings. The number of alkyl halides is 1. The first-order chi connectivity index (χ1) is 21.0. The summed E-state index contributed by atoms with van der Waals surface area (Å²) in [4.78, 5) is 28.6. The molecule has 3 aromatic heterocycles. The van der Waals surface area contributed by atoms with Crippen molar-refractivity contribution >= 4 is 22.9 Å². The minimum atomic E-state index is -1.02. The average molecular weight is 576 g/mol. The molecule has 0 bridgehead atoms. The number of rotatable bonds is 5. The molecule has 43 heavy (non-hydrogen) atoms. The largest absolute Gasteiger partial charge is 0.383 e. The number of amides is 1. The van der Waals surface area contributed by atoms with E-state index in [-0.39, 0.29) is 18.0 Å². The van der Waals surface area contributed by atoms with Crippen LogP contribution in [0.2, 0.25) is 0 Å². The molecule has 1 saturated heterocycles. The molecule has 0 spiro atoms. The van der Waals surface area contributed by atoms with Gasteiger partial charge in [0.15, 0.2) is 11.5 Å². The molecular weight excluding hydrogens is 541 g/mol. The standard InChI is InChI=1S/C34H34FN7O/c35-28-19-22-18-25(10-11-26(22)30(28)38-24-13-16-41(17-14-24)34(43)21-6-7-21)42-32(27-2-1-15-37-31(27)36)40-29-12-9-23(39-33(29)42)8-5-20-3-4-20/h1-2,9-12,15,18,20-21,24,28,30,38H,3-4,6-7,13-14,16-17,19H2,(H2,36,37)/t28?,30-/m1/s1. The molecule has 9 heteroatoms. The Balaban J connectivity index is 1.11. The molecule has 3 aliphatic carbocycles. The molecule has 218 valence electrons. The number of likely N-dealkylation sites (tertiary alicyclic amines) is 1. The number of piperidine rings is 1. The van der Waals surface area contributed by atoms with Crippen LogP contribution in [0.3, 0.4) is 0 Å². The third-order valence-electron chi connectivity index (χ3n) is 9.21. The van der Waals surface area contributed by atoms with E-state index in [9.17, 15) is 4.79 Å². The van der Waals surface area contributed by atoms with Crippen molar-refractivity contribution in [3.05, 3.63) is 65.5 Å². The maximum absolute atomic E-state index is 15.6. The summed E-state index contributed by atoms with van der Waals surface area (Å²) in [6.45, 7) is 1.49. The number of halogens is 1. The molecule has 3 fully saturated rings. The Bertz CT molecular complexity index is 1790. The van der Waals surface area contributed by atoms with E-state index in [2.05, 4.69) is 28.2 Å². The van der Waals surface area contributed by atoms with Crippen LogP contribution < -0.4 is 11.1 Å². The fraction of sp³-hybridized carbons (Fsp3) is 0.412. The lowest BCUT2D eigenvalue weighted by Gasteiger charge is -2.34. The molecule has 1 amide bonds. The Hall–Kier alpha value is -4.29. The number of hydrogen-bond donors (Lipinski definition) is 2. The highest BCUT2D eigenvalue weighted by atomic mass is 19.1. The summed E-state index contributed by atoms with van der Waals surface area (Å²) in [6, 6.07) is 13.5. The number of nitrogens with two attached hydrogens (primary N) is 1. The van der Waals surface area contributed by atoms with E-state index in [0.29, 0.717) is 46.8 Å². The van der Waals surface area contributed by atoms with Gasteiger partial charge in [-0.3, -0.25) is 9.36 Å². The number of hydrogen-bond acceptors (Lipinski definition) is 6. The molecule has 1 unspecified atom stereocenters. The summed E-state index contributed by atoms with van der Waals surface area (Å²) in [5, 5.41) is 3.61. The Kier molecular flexibility index (Phi) is 6.41. The zero-order chi connectivity index (χ0) is 29.1. The molecule has 4 heterocycles. The first-order valence-corrected chi connectivity index (χ1v) is 15.5. The van der Waals surface area contributed by atoms with Gasteiger partial charge in [0, 0.05) is 49.3 Å². The van der Waals surface area contributed by atoms with Crippen LogP contribution in [0, 0.1) is 23.7 Å². The fourth-order valence-corrected chi connectivity index (χ4v) is 6.50. The molecule has 1 aliphatic heterocycles. The van der Waals surface area contributed by atoms with E-state index in [0.717, 1.165) is 73.9 Å². The van der Waals surface area contributed by atoms with Crippen molar-refractivity contribution in [1.29, 1.82) is 0 Å². The highest BCUT2D eigenvalue weighted by molar-refractivity contribution is 5.83. The summed E-state index contributed by atoms with van der Waals surface area (Å²) >= 11 is 0. The second-order valence-corrected chi connectivity index (χ2v) is 12.4. The van der Waals surface area contributed by atoms with E-state index in [1.807, 2.05) is 45.9 Å². The van der Waals surface area contributed by atoms with Crippen molar-refractivity contribution in [3.8, 4) is 28.9 Å². The predicted molar refractivity (Wildman–Crippen MR) is 163 cm³/mol. The first-order valence-electron chi connectivity index (χ1n) is 15.5. The monoisotopic (exact) mass is 575 g/mol. The maximum atomic E-state index is 15.6. The van der Waals surface area contributed by atoms with Crippen LogP contribution in [0.15, 0.2) is 48.7 Å². The lowest BCUT2D eigenvalue weighted by atomic mass is 10.0. The van der Waals surface area contributed by atoms with E-state index in [1.54, 1.807) is 6.20 Å². The third kappa shape index (κ3) is 5.04. The Morgan fingerprint density at radius 3 is 2.63 bits per heavy atom. The number of carbonyl (C=O) groups excluding carboxylic acids is 1. The molecule has 8 rings (SSSR count). The van der Waals surface area contributed by atoms with Gasteiger partial charge < -0.3 is 16.0 Å². The number of pyridine rings is 2. The van der Waals surface area contributed by atoms with Crippen molar-refractivity contribution in [1.82, 2.24) is 29.7 Å². The zero-order valence-electron chi connectivity index (χ0n) is 24.0. The number of imidazole rings is 1. The van der Waals surface area contributed by atoms with Crippen molar-refractivity contribution < 1.29 is 9.18 Å². The van der Waals surface area contributed by atoms with Crippen molar-refractivity contribution in [2.75, 3.05) is 18.8 Å². The first kappa shape index (κ1) is 26.3. The number of aromatic nitrogens is 4. The van der Waals surface area contributed by atoms with E-state index < -0.39 is 6.17 Å². The summed E-state index contributed by atoms with van der Waals surface area (Å²) < 4.78 is 17.6.